The van der Waals surface area contributed by atoms with Gasteiger partial charge in [-0.1, -0.05) is 18.2 Å². The zero-order valence-electron chi connectivity index (χ0n) is 13.4. The Morgan fingerprint density at radius 1 is 1.39 bits per heavy atom. The smallest absolute Gasteiger partial charge is 0.220 e. The monoisotopic (exact) mass is 313 g/mol. The molecule has 122 valence electrons. The molecule has 6 heteroatoms. The van der Waals surface area contributed by atoms with Gasteiger partial charge in [0.25, 0.3) is 0 Å². The van der Waals surface area contributed by atoms with E-state index in [4.69, 9.17) is 0 Å². The first-order valence-electron chi connectivity index (χ1n) is 8.19. The number of piperidine rings is 1. The molecule has 23 heavy (non-hydrogen) atoms. The Hall–Kier alpha value is -2.21. The summed E-state index contributed by atoms with van der Waals surface area (Å²) in [6, 6.07) is 10.7. The molecule has 1 aliphatic rings. The van der Waals surface area contributed by atoms with E-state index in [1.165, 1.54) is 0 Å². The summed E-state index contributed by atoms with van der Waals surface area (Å²) in [5.41, 5.74) is 1.06. The summed E-state index contributed by atoms with van der Waals surface area (Å²) in [5, 5.41) is 14.8. The number of hydrogen-bond acceptors (Lipinski definition) is 4. The third-order valence-corrected chi connectivity index (χ3v) is 4.22. The van der Waals surface area contributed by atoms with Crippen LogP contribution in [0.25, 0.3) is 5.69 Å². The average Bonchev–Trinajstić information content (AvgIpc) is 3.02. The van der Waals surface area contributed by atoms with E-state index >= 15 is 0 Å². The first kappa shape index (κ1) is 15.7. The second-order valence-electron chi connectivity index (χ2n) is 6.13. The summed E-state index contributed by atoms with van der Waals surface area (Å²) in [7, 11) is 0. The zero-order chi connectivity index (χ0) is 16.1. The summed E-state index contributed by atoms with van der Waals surface area (Å²) in [5.74, 6) is 1.06. The van der Waals surface area contributed by atoms with Crippen LogP contribution in [0.1, 0.15) is 38.4 Å². The van der Waals surface area contributed by atoms with E-state index in [9.17, 15) is 4.79 Å². The lowest BCUT2D eigenvalue weighted by molar-refractivity contribution is -0.123. The summed E-state index contributed by atoms with van der Waals surface area (Å²) in [6.45, 7) is 2.79. The van der Waals surface area contributed by atoms with Crippen molar-refractivity contribution in [3.8, 4) is 5.69 Å². The molecule has 1 amide bonds. The molecule has 2 heterocycles. The van der Waals surface area contributed by atoms with Crippen LogP contribution < -0.4 is 10.6 Å². The summed E-state index contributed by atoms with van der Waals surface area (Å²) in [6.07, 6.45) is 5.39. The third-order valence-electron chi connectivity index (χ3n) is 4.22. The minimum Gasteiger partial charge on any atom is -0.353 e. The Morgan fingerprint density at radius 3 is 3.00 bits per heavy atom. The quantitative estimate of drug-likeness (QED) is 0.853. The fourth-order valence-electron chi connectivity index (χ4n) is 3.02. The molecule has 2 atom stereocenters. The van der Waals surface area contributed by atoms with E-state index in [2.05, 4.69) is 27.8 Å². The van der Waals surface area contributed by atoms with Gasteiger partial charge >= 0.3 is 0 Å². The standard InChI is InChI=1S/C17H23N5O/c1-13(10-14-6-5-9-17(23)20-14)18-11-16-21-19-12-22(16)15-7-3-2-4-8-15/h2-4,7-8,12-14,18H,5-6,9-11H2,1H3,(H,20,23)/t13-,14-/m1/s1. The highest BCUT2D eigenvalue weighted by molar-refractivity contribution is 5.76. The molecule has 0 saturated carbocycles. The van der Waals surface area contributed by atoms with Crippen molar-refractivity contribution in [3.63, 3.8) is 0 Å². The fourth-order valence-corrected chi connectivity index (χ4v) is 3.02. The maximum Gasteiger partial charge on any atom is 0.220 e. The van der Waals surface area contributed by atoms with E-state index in [1.807, 2.05) is 34.9 Å². The van der Waals surface area contributed by atoms with Gasteiger partial charge in [0, 0.05) is 24.2 Å². The van der Waals surface area contributed by atoms with Crippen LogP contribution in [-0.4, -0.2) is 32.8 Å². The lowest BCUT2D eigenvalue weighted by Crippen LogP contribution is -2.42. The number of carbonyl (C=O) groups is 1. The van der Waals surface area contributed by atoms with Crippen LogP contribution in [0.4, 0.5) is 0 Å². The molecule has 2 N–H and O–H groups in total. The van der Waals surface area contributed by atoms with Crippen molar-refractivity contribution in [1.82, 2.24) is 25.4 Å². The molecular formula is C17H23N5O. The van der Waals surface area contributed by atoms with Crippen LogP contribution >= 0.6 is 0 Å². The van der Waals surface area contributed by atoms with Crippen LogP contribution in [0.5, 0.6) is 0 Å². The number of rotatable bonds is 6. The predicted octanol–water partition coefficient (Wildman–Crippen LogP) is 1.80. The minimum absolute atomic E-state index is 0.178. The largest absolute Gasteiger partial charge is 0.353 e. The second-order valence-corrected chi connectivity index (χ2v) is 6.13. The highest BCUT2D eigenvalue weighted by Crippen LogP contribution is 2.13. The fraction of sp³-hybridized carbons (Fsp3) is 0.471. The summed E-state index contributed by atoms with van der Waals surface area (Å²) >= 11 is 0. The van der Waals surface area contributed by atoms with Crippen molar-refractivity contribution in [2.75, 3.05) is 0 Å². The van der Waals surface area contributed by atoms with Crippen molar-refractivity contribution >= 4 is 5.91 Å². The van der Waals surface area contributed by atoms with Gasteiger partial charge in [-0.3, -0.25) is 9.36 Å². The van der Waals surface area contributed by atoms with Gasteiger partial charge < -0.3 is 10.6 Å². The Labute approximate surface area is 136 Å². The van der Waals surface area contributed by atoms with Gasteiger partial charge in [-0.15, -0.1) is 10.2 Å². The maximum atomic E-state index is 11.4. The molecule has 1 aromatic heterocycles. The Balaban J connectivity index is 1.54. The van der Waals surface area contributed by atoms with E-state index in [0.717, 1.165) is 30.8 Å². The van der Waals surface area contributed by atoms with E-state index < -0.39 is 0 Å². The number of amides is 1. The van der Waals surface area contributed by atoms with Crippen molar-refractivity contribution in [2.24, 2.45) is 0 Å². The van der Waals surface area contributed by atoms with Crippen LogP contribution in [-0.2, 0) is 11.3 Å². The van der Waals surface area contributed by atoms with Gasteiger partial charge in [0.2, 0.25) is 5.91 Å². The molecule has 1 saturated heterocycles. The molecule has 0 bridgehead atoms. The second kappa shape index (κ2) is 7.37. The zero-order valence-corrected chi connectivity index (χ0v) is 13.4. The van der Waals surface area contributed by atoms with Crippen molar-refractivity contribution in [2.45, 2.75) is 51.2 Å². The van der Waals surface area contributed by atoms with Gasteiger partial charge in [0.05, 0.1) is 6.54 Å². The van der Waals surface area contributed by atoms with Crippen molar-refractivity contribution in [3.05, 3.63) is 42.5 Å². The topological polar surface area (TPSA) is 71.8 Å². The summed E-state index contributed by atoms with van der Waals surface area (Å²) < 4.78 is 1.99. The number of aromatic nitrogens is 3. The van der Waals surface area contributed by atoms with Crippen LogP contribution in [0.3, 0.4) is 0 Å². The third kappa shape index (κ3) is 4.16. The van der Waals surface area contributed by atoms with Gasteiger partial charge in [-0.05, 0) is 38.3 Å². The van der Waals surface area contributed by atoms with Crippen LogP contribution in [0, 0.1) is 0 Å². The predicted molar refractivity (Wildman–Crippen MR) is 88.1 cm³/mol. The van der Waals surface area contributed by atoms with Gasteiger partial charge in [-0.25, -0.2) is 0 Å². The average molecular weight is 313 g/mol. The Kier molecular flexibility index (Phi) is 5.02. The number of nitrogens with zero attached hydrogens (tertiary/aromatic N) is 3. The molecular weight excluding hydrogens is 290 g/mol. The number of nitrogens with one attached hydrogen (secondary N) is 2. The molecule has 1 fully saturated rings. The SMILES string of the molecule is C[C@H](C[C@H]1CCCC(=O)N1)NCc1nncn1-c1ccccc1. The number of hydrogen-bond donors (Lipinski definition) is 2. The number of carbonyl (C=O) groups excluding carboxylic acids is 1. The molecule has 3 rings (SSSR count). The molecule has 6 nitrogen and oxygen atoms in total. The van der Waals surface area contributed by atoms with Gasteiger partial charge in [0.1, 0.15) is 6.33 Å². The molecule has 0 unspecified atom stereocenters. The highest BCUT2D eigenvalue weighted by Gasteiger charge is 2.20. The number of para-hydroxylation sites is 1. The normalized spacial score (nSPS) is 19.3. The van der Waals surface area contributed by atoms with E-state index in [1.54, 1.807) is 6.33 Å². The van der Waals surface area contributed by atoms with Crippen molar-refractivity contribution < 1.29 is 4.79 Å². The molecule has 1 aromatic carbocycles. The van der Waals surface area contributed by atoms with Gasteiger partial charge in [-0.2, -0.15) is 0 Å². The first-order valence-corrected chi connectivity index (χ1v) is 8.19. The molecule has 0 spiro atoms. The molecule has 0 radical (unpaired) electrons. The highest BCUT2D eigenvalue weighted by atomic mass is 16.1. The van der Waals surface area contributed by atoms with Crippen LogP contribution in [0.2, 0.25) is 0 Å². The molecule has 0 aliphatic carbocycles. The van der Waals surface area contributed by atoms with Crippen molar-refractivity contribution in [1.29, 1.82) is 0 Å². The minimum atomic E-state index is 0.178. The van der Waals surface area contributed by atoms with E-state index in [-0.39, 0.29) is 11.9 Å². The van der Waals surface area contributed by atoms with Crippen LogP contribution in [0.15, 0.2) is 36.7 Å². The summed E-state index contributed by atoms with van der Waals surface area (Å²) in [4.78, 5) is 11.4. The first-order chi connectivity index (χ1) is 11.2. The Bertz CT molecular complexity index is 639. The maximum absolute atomic E-state index is 11.4. The lowest BCUT2D eigenvalue weighted by Gasteiger charge is -2.26. The van der Waals surface area contributed by atoms with E-state index in [0.29, 0.717) is 19.0 Å². The molecule has 2 aromatic rings. The Morgan fingerprint density at radius 2 is 2.22 bits per heavy atom. The van der Waals surface area contributed by atoms with Gasteiger partial charge in [0.15, 0.2) is 5.82 Å². The molecule has 1 aliphatic heterocycles. The number of benzene rings is 1. The lowest BCUT2D eigenvalue weighted by atomic mass is 9.98.